The molecule has 0 spiro atoms. The minimum absolute atomic E-state index is 0.0837. The Morgan fingerprint density at radius 1 is 1.22 bits per heavy atom. The number of methoxy groups -OCH3 is 1. The lowest BCUT2D eigenvalue weighted by molar-refractivity contribution is 0.00315. The molecule has 1 saturated carbocycles. The summed E-state index contributed by atoms with van der Waals surface area (Å²) in [7, 11) is 1.14. The number of rotatable bonds is 3. The molecule has 6 rings (SSSR count). The molecule has 2 aliphatic heterocycles. The molecule has 3 fully saturated rings. The molecule has 1 aliphatic carbocycles. The first kappa shape index (κ1) is 25.1. The van der Waals surface area contributed by atoms with Crippen LogP contribution in [-0.2, 0) is 10.3 Å². The van der Waals surface area contributed by atoms with Gasteiger partial charge < -0.3 is 9.47 Å². The smallest absolute Gasteiger partial charge is 0.411 e. The van der Waals surface area contributed by atoms with Gasteiger partial charge in [-0.2, -0.15) is 5.26 Å². The fraction of sp³-hybridized carbons (Fsp3) is 0.385. The molecule has 37 heavy (non-hydrogen) atoms. The highest BCUT2D eigenvalue weighted by Gasteiger charge is 2.62. The summed E-state index contributed by atoms with van der Waals surface area (Å²) in [5.74, 6) is -2.25. The van der Waals surface area contributed by atoms with Gasteiger partial charge in [-0.15, -0.1) is 0 Å². The molecule has 8 nitrogen and oxygen atoms in total. The zero-order valence-corrected chi connectivity index (χ0v) is 22.1. The fourth-order valence-electron chi connectivity index (χ4n) is 5.28. The molecule has 11 heteroatoms. The van der Waals surface area contributed by atoms with E-state index in [4.69, 9.17) is 14.5 Å². The van der Waals surface area contributed by atoms with Crippen LogP contribution in [0.25, 0.3) is 16.6 Å². The van der Waals surface area contributed by atoms with Crippen LogP contribution in [0.15, 0.2) is 33.5 Å². The summed E-state index contributed by atoms with van der Waals surface area (Å²) in [6.07, 6.45) is 0.470. The highest BCUT2D eigenvalue weighted by molar-refractivity contribution is 9.10. The van der Waals surface area contributed by atoms with Crippen LogP contribution in [0.3, 0.4) is 0 Å². The third-order valence-corrected chi connectivity index (χ3v) is 7.35. The average molecular weight is 573 g/mol. The van der Waals surface area contributed by atoms with Crippen LogP contribution in [0.2, 0.25) is 0 Å². The molecule has 2 bridgehead atoms. The number of nitriles is 1. The van der Waals surface area contributed by atoms with Crippen molar-refractivity contribution in [1.29, 1.82) is 5.26 Å². The Hall–Kier alpha value is -3.52. The molecule has 2 saturated heterocycles. The van der Waals surface area contributed by atoms with E-state index in [9.17, 15) is 23.6 Å². The van der Waals surface area contributed by atoms with Crippen molar-refractivity contribution in [3.63, 3.8) is 0 Å². The van der Waals surface area contributed by atoms with Gasteiger partial charge in [0.15, 0.2) is 17.4 Å². The third kappa shape index (κ3) is 3.94. The molecule has 0 radical (unpaired) electrons. The van der Waals surface area contributed by atoms with Gasteiger partial charge in [-0.25, -0.2) is 18.6 Å². The van der Waals surface area contributed by atoms with E-state index in [0.717, 1.165) is 23.8 Å². The predicted molar refractivity (Wildman–Crippen MR) is 134 cm³/mol. The van der Waals surface area contributed by atoms with Crippen LogP contribution in [0, 0.1) is 28.9 Å². The molecular weight excluding hydrogens is 550 g/mol. The van der Waals surface area contributed by atoms with Gasteiger partial charge in [-0.05, 0) is 67.6 Å². The van der Waals surface area contributed by atoms with Gasteiger partial charge in [0, 0.05) is 23.2 Å². The maximum absolute atomic E-state index is 14.8. The predicted octanol–water partition coefficient (Wildman–Crippen LogP) is 5.16. The molecule has 3 aromatic rings. The Bertz CT molecular complexity index is 1540. The minimum Gasteiger partial charge on any atom is -0.491 e. The minimum atomic E-state index is -1.01. The van der Waals surface area contributed by atoms with Gasteiger partial charge in [0.2, 0.25) is 0 Å². The summed E-state index contributed by atoms with van der Waals surface area (Å²) in [4.78, 5) is 33.5. The zero-order chi connectivity index (χ0) is 26.9. The van der Waals surface area contributed by atoms with E-state index < -0.39 is 40.2 Å². The van der Waals surface area contributed by atoms with Gasteiger partial charge >= 0.3 is 6.09 Å². The molecule has 0 atom stereocenters. The molecule has 3 heterocycles. The number of halogens is 3. The summed E-state index contributed by atoms with van der Waals surface area (Å²) < 4.78 is 41.6. The van der Waals surface area contributed by atoms with Crippen LogP contribution in [0.1, 0.15) is 45.0 Å². The van der Waals surface area contributed by atoms with E-state index in [-0.39, 0.29) is 33.9 Å². The first-order valence-corrected chi connectivity index (χ1v) is 12.4. The Morgan fingerprint density at radius 2 is 1.86 bits per heavy atom. The molecule has 1 aromatic heterocycles. The second-order valence-electron chi connectivity index (χ2n) is 10.4. The van der Waals surface area contributed by atoms with E-state index >= 15 is 0 Å². The number of fused-ring (bicyclic) bond motifs is 2. The van der Waals surface area contributed by atoms with Crippen molar-refractivity contribution in [2.24, 2.45) is 5.92 Å². The summed E-state index contributed by atoms with van der Waals surface area (Å²) in [6.45, 7) is 5.68. The molecule has 3 aliphatic rings. The number of carbonyl (C=O) groups excluding carboxylic acids is 1. The maximum atomic E-state index is 14.8. The quantitative estimate of drug-likeness (QED) is 0.430. The number of benzene rings is 2. The van der Waals surface area contributed by atoms with E-state index in [1.54, 1.807) is 25.7 Å². The van der Waals surface area contributed by atoms with E-state index in [2.05, 4.69) is 15.9 Å². The average Bonchev–Trinajstić information content (AvgIpc) is 3.35. The van der Waals surface area contributed by atoms with Crippen molar-refractivity contribution in [1.82, 2.24) is 14.5 Å². The van der Waals surface area contributed by atoms with E-state index in [1.165, 1.54) is 12.1 Å². The van der Waals surface area contributed by atoms with Crippen molar-refractivity contribution in [3.8, 4) is 17.5 Å². The van der Waals surface area contributed by atoms with Crippen LogP contribution >= 0.6 is 15.9 Å². The molecule has 1 amide bonds. The second kappa shape index (κ2) is 8.52. The molecule has 0 N–H and O–H groups in total. The van der Waals surface area contributed by atoms with Crippen LogP contribution in [-0.4, -0.2) is 39.8 Å². The Morgan fingerprint density at radius 3 is 2.43 bits per heavy atom. The number of carbonyl (C=O) groups is 1. The van der Waals surface area contributed by atoms with E-state index in [0.29, 0.717) is 23.9 Å². The molecule has 192 valence electrons. The van der Waals surface area contributed by atoms with E-state index in [1.807, 2.05) is 6.07 Å². The highest BCUT2D eigenvalue weighted by atomic mass is 79.9. The second-order valence-corrected chi connectivity index (χ2v) is 11.2. The van der Waals surface area contributed by atoms with Gasteiger partial charge in [0.1, 0.15) is 17.0 Å². The first-order chi connectivity index (χ1) is 17.4. The molecule has 0 unspecified atom stereocenters. The largest absolute Gasteiger partial charge is 0.491 e. The first-order valence-electron chi connectivity index (χ1n) is 11.6. The molecule has 2 aromatic carbocycles. The Labute approximate surface area is 219 Å². The lowest BCUT2D eigenvalue weighted by atomic mass is 9.72. The van der Waals surface area contributed by atoms with Gasteiger partial charge in [-0.3, -0.25) is 14.3 Å². The summed E-state index contributed by atoms with van der Waals surface area (Å²) in [6, 6.07) is 6.90. The number of hydrogen-bond acceptors (Lipinski definition) is 6. The summed E-state index contributed by atoms with van der Waals surface area (Å²) >= 11 is 3.40. The van der Waals surface area contributed by atoms with Crippen molar-refractivity contribution >= 4 is 32.9 Å². The maximum Gasteiger partial charge on any atom is 0.411 e. The van der Waals surface area contributed by atoms with Crippen molar-refractivity contribution in [2.45, 2.75) is 44.8 Å². The summed E-state index contributed by atoms with van der Waals surface area (Å²) in [5, 5.41) is 9.50. The lowest BCUT2D eigenvalue weighted by Gasteiger charge is -2.42. The fourth-order valence-corrected chi connectivity index (χ4v) is 5.83. The number of amides is 1. The third-order valence-electron chi connectivity index (χ3n) is 6.74. The number of aromatic nitrogens is 2. The van der Waals surface area contributed by atoms with Crippen LogP contribution in [0.5, 0.6) is 5.75 Å². The standard InChI is InChI=1S/C26H23BrF2N4O4/c1-25(2,3)37-24(35)32-12-14-9-26(32,10-14)23-31-20-16(5-13(11-30)6-17(20)27)22(34)33(23)15-7-18(28)21(36-4)19(29)8-15/h5-8,14H,9-10,12H2,1-4H3. The monoisotopic (exact) mass is 572 g/mol. The number of ether oxygens (including phenoxy) is 2. The lowest BCUT2D eigenvalue weighted by Crippen LogP contribution is -2.50. The van der Waals surface area contributed by atoms with Gasteiger partial charge in [0.05, 0.1) is 35.3 Å². The Balaban J connectivity index is 1.81. The van der Waals surface area contributed by atoms with Gasteiger partial charge in [0.25, 0.3) is 5.56 Å². The SMILES string of the molecule is COc1c(F)cc(-n2c(C34CC(CN3C(=O)OC(C)(C)C)C4)nc3c(Br)cc(C#N)cc3c2=O)cc1F. The number of hydrogen-bond donors (Lipinski definition) is 0. The van der Waals surface area contributed by atoms with Crippen molar-refractivity contribution < 1.29 is 23.0 Å². The van der Waals surface area contributed by atoms with Crippen LogP contribution < -0.4 is 10.3 Å². The zero-order valence-electron chi connectivity index (χ0n) is 20.6. The van der Waals surface area contributed by atoms with Gasteiger partial charge in [-0.1, -0.05) is 0 Å². The molecular formula is C26H23BrF2N4O4. The van der Waals surface area contributed by atoms with Crippen molar-refractivity contribution in [3.05, 3.63) is 62.1 Å². The number of nitrogens with zero attached hydrogens (tertiary/aromatic N) is 4. The normalized spacial score (nSPS) is 20.5. The highest BCUT2D eigenvalue weighted by Crippen LogP contribution is 2.57. The van der Waals surface area contributed by atoms with Crippen molar-refractivity contribution in [2.75, 3.05) is 13.7 Å². The Kier molecular flexibility index (Phi) is 5.79. The topological polar surface area (TPSA) is 97.4 Å². The summed E-state index contributed by atoms with van der Waals surface area (Å²) in [5.41, 5.74) is -2.02. The van der Waals surface area contributed by atoms with Crippen LogP contribution in [0.4, 0.5) is 13.6 Å².